The first-order valence-electron chi connectivity index (χ1n) is 6.95. The SMILES string of the molecule is CCCNC(=O)CNCc1cccc(OCCC)c1. The Bertz CT molecular complexity index is 380. The molecule has 19 heavy (non-hydrogen) atoms. The van der Waals surface area contributed by atoms with Gasteiger partial charge in [-0.2, -0.15) is 0 Å². The molecule has 106 valence electrons. The second-order valence-corrected chi connectivity index (χ2v) is 4.45. The average Bonchev–Trinajstić information content (AvgIpc) is 2.43. The Morgan fingerprint density at radius 3 is 2.84 bits per heavy atom. The van der Waals surface area contributed by atoms with Crippen LogP contribution in [0.15, 0.2) is 24.3 Å². The second kappa shape index (κ2) is 9.39. The third kappa shape index (κ3) is 6.82. The van der Waals surface area contributed by atoms with Gasteiger partial charge in [0.05, 0.1) is 13.2 Å². The number of rotatable bonds is 9. The third-order valence-electron chi connectivity index (χ3n) is 2.56. The van der Waals surface area contributed by atoms with Crippen LogP contribution in [0, 0.1) is 0 Å². The minimum atomic E-state index is 0.0419. The molecular weight excluding hydrogens is 240 g/mol. The standard InChI is InChI=1S/C15H24N2O2/c1-3-8-17-15(18)12-16-11-13-6-5-7-14(10-13)19-9-4-2/h5-7,10,16H,3-4,8-9,11-12H2,1-2H3,(H,17,18). The van der Waals surface area contributed by atoms with Gasteiger partial charge in [-0.1, -0.05) is 26.0 Å². The van der Waals surface area contributed by atoms with Crippen LogP contribution in [0.4, 0.5) is 0 Å². The fourth-order valence-corrected chi connectivity index (χ4v) is 1.61. The van der Waals surface area contributed by atoms with Crippen molar-refractivity contribution in [2.45, 2.75) is 33.2 Å². The molecule has 0 heterocycles. The Labute approximate surface area is 115 Å². The van der Waals surface area contributed by atoms with Crippen LogP contribution in [-0.2, 0) is 11.3 Å². The molecule has 0 spiro atoms. The van der Waals surface area contributed by atoms with Crippen molar-refractivity contribution in [3.63, 3.8) is 0 Å². The Morgan fingerprint density at radius 1 is 1.26 bits per heavy atom. The zero-order valence-electron chi connectivity index (χ0n) is 11.9. The van der Waals surface area contributed by atoms with Gasteiger partial charge in [0, 0.05) is 13.1 Å². The topological polar surface area (TPSA) is 50.4 Å². The van der Waals surface area contributed by atoms with E-state index in [1.807, 2.05) is 31.2 Å². The van der Waals surface area contributed by atoms with Gasteiger partial charge in [0.15, 0.2) is 0 Å². The molecule has 4 nitrogen and oxygen atoms in total. The Hall–Kier alpha value is -1.55. The lowest BCUT2D eigenvalue weighted by Gasteiger charge is -2.08. The summed E-state index contributed by atoms with van der Waals surface area (Å²) in [5.41, 5.74) is 1.12. The zero-order valence-corrected chi connectivity index (χ0v) is 11.9. The van der Waals surface area contributed by atoms with Gasteiger partial charge in [-0.05, 0) is 30.5 Å². The normalized spacial score (nSPS) is 10.2. The van der Waals surface area contributed by atoms with Crippen molar-refractivity contribution in [1.29, 1.82) is 0 Å². The third-order valence-corrected chi connectivity index (χ3v) is 2.56. The maximum absolute atomic E-state index is 11.4. The molecule has 1 aromatic rings. The van der Waals surface area contributed by atoms with E-state index in [-0.39, 0.29) is 5.91 Å². The molecule has 1 aromatic carbocycles. The van der Waals surface area contributed by atoms with Gasteiger partial charge in [0.1, 0.15) is 5.75 Å². The number of hydrogen-bond donors (Lipinski definition) is 2. The monoisotopic (exact) mass is 264 g/mol. The minimum absolute atomic E-state index is 0.0419. The second-order valence-electron chi connectivity index (χ2n) is 4.45. The molecule has 0 aliphatic heterocycles. The van der Waals surface area contributed by atoms with Crippen molar-refractivity contribution in [2.24, 2.45) is 0 Å². The van der Waals surface area contributed by atoms with E-state index in [0.717, 1.165) is 37.3 Å². The summed E-state index contributed by atoms with van der Waals surface area (Å²) >= 11 is 0. The van der Waals surface area contributed by atoms with E-state index in [9.17, 15) is 4.79 Å². The summed E-state index contributed by atoms with van der Waals surface area (Å²) in [7, 11) is 0. The summed E-state index contributed by atoms with van der Waals surface area (Å²) in [6, 6.07) is 7.95. The molecule has 0 saturated carbocycles. The number of amides is 1. The van der Waals surface area contributed by atoms with Crippen LogP contribution in [0.5, 0.6) is 5.75 Å². The van der Waals surface area contributed by atoms with Gasteiger partial charge >= 0.3 is 0 Å². The molecule has 0 aliphatic rings. The molecule has 4 heteroatoms. The number of nitrogens with one attached hydrogen (secondary N) is 2. The number of benzene rings is 1. The van der Waals surface area contributed by atoms with E-state index in [2.05, 4.69) is 17.6 Å². The molecule has 0 aliphatic carbocycles. The molecule has 1 amide bonds. The average molecular weight is 264 g/mol. The lowest BCUT2D eigenvalue weighted by atomic mass is 10.2. The first-order valence-corrected chi connectivity index (χ1v) is 6.95. The van der Waals surface area contributed by atoms with Crippen molar-refractivity contribution in [1.82, 2.24) is 10.6 Å². The van der Waals surface area contributed by atoms with Crippen molar-refractivity contribution >= 4 is 5.91 Å². The fraction of sp³-hybridized carbons (Fsp3) is 0.533. The van der Waals surface area contributed by atoms with Gasteiger partial charge in [-0.25, -0.2) is 0 Å². The zero-order chi connectivity index (χ0) is 13.9. The molecule has 2 N–H and O–H groups in total. The fourth-order valence-electron chi connectivity index (χ4n) is 1.61. The summed E-state index contributed by atoms with van der Waals surface area (Å²) in [6.07, 6.45) is 1.96. The number of carbonyl (C=O) groups excluding carboxylic acids is 1. The highest BCUT2D eigenvalue weighted by molar-refractivity contribution is 5.77. The van der Waals surface area contributed by atoms with Crippen molar-refractivity contribution < 1.29 is 9.53 Å². The predicted molar refractivity (Wildman–Crippen MR) is 77.2 cm³/mol. The lowest BCUT2D eigenvalue weighted by molar-refractivity contribution is -0.120. The Morgan fingerprint density at radius 2 is 2.11 bits per heavy atom. The molecule has 0 unspecified atom stereocenters. The molecule has 0 saturated heterocycles. The maximum atomic E-state index is 11.4. The highest BCUT2D eigenvalue weighted by Crippen LogP contribution is 2.13. The molecule has 0 radical (unpaired) electrons. The van der Waals surface area contributed by atoms with Crippen molar-refractivity contribution in [2.75, 3.05) is 19.7 Å². The summed E-state index contributed by atoms with van der Waals surface area (Å²) < 4.78 is 5.57. The highest BCUT2D eigenvalue weighted by Gasteiger charge is 2.00. The molecule has 0 bridgehead atoms. The van der Waals surface area contributed by atoms with Gasteiger partial charge in [0.2, 0.25) is 5.91 Å². The maximum Gasteiger partial charge on any atom is 0.233 e. The molecule has 1 rings (SSSR count). The smallest absolute Gasteiger partial charge is 0.233 e. The van der Waals surface area contributed by atoms with E-state index >= 15 is 0 Å². The number of carbonyl (C=O) groups is 1. The Kier molecular flexibility index (Phi) is 7.66. The van der Waals surface area contributed by atoms with Crippen LogP contribution < -0.4 is 15.4 Å². The van der Waals surface area contributed by atoms with Crippen LogP contribution in [0.3, 0.4) is 0 Å². The van der Waals surface area contributed by atoms with Crippen molar-refractivity contribution in [3.05, 3.63) is 29.8 Å². The highest BCUT2D eigenvalue weighted by atomic mass is 16.5. The molecule has 0 atom stereocenters. The van der Waals surface area contributed by atoms with E-state index in [1.54, 1.807) is 0 Å². The Balaban J connectivity index is 2.30. The lowest BCUT2D eigenvalue weighted by Crippen LogP contribution is -2.33. The largest absolute Gasteiger partial charge is 0.494 e. The summed E-state index contributed by atoms with van der Waals surface area (Å²) in [5, 5.41) is 5.96. The van der Waals surface area contributed by atoms with Crippen LogP contribution >= 0.6 is 0 Å². The molecular formula is C15H24N2O2. The summed E-state index contributed by atoms with van der Waals surface area (Å²) in [4.78, 5) is 11.4. The van der Waals surface area contributed by atoms with Crippen molar-refractivity contribution in [3.8, 4) is 5.75 Å². The van der Waals surface area contributed by atoms with E-state index in [1.165, 1.54) is 0 Å². The molecule has 0 aromatic heterocycles. The van der Waals surface area contributed by atoms with Crippen LogP contribution in [0.1, 0.15) is 32.3 Å². The summed E-state index contributed by atoms with van der Waals surface area (Å²) in [5.74, 6) is 0.928. The van der Waals surface area contributed by atoms with Gasteiger partial charge in [-0.15, -0.1) is 0 Å². The molecule has 0 fully saturated rings. The van der Waals surface area contributed by atoms with Gasteiger partial charge < -0.3 is 15.4 Å². The van der Waals surface area contributed by atoms with E-state index < -0.39 is 0 Å². The van der Waals surface area contributed by atoms with E-state index in [4.69, 9.17) is 4.74 Å². The van der Waals surface area contributed by atoms with Crippen LogP contribution in [0.2, 0.25) is 0 Å². The van der Waals surface area contributed by atoms with E-state index in [0.29, 0.717) is 13.1 Å². The first kappa shape index (κ1) is 15.5. The number of ether oxygens (including phenoxy) is 1. The number of hydrogen-bond acceptors (Lipinski definition) is 3. The van der Waals surface area contributed by atoms with Crippen LogP contribution in [-0.4, -0.2) is 25.6 Å². The minimum Gasteiger partial charge on any atom is -0.494 e. The first-order chi connectivity index (χ1) is 9.26. The summed E-state index contributed by atoms with van der Waals surface area (Å²) in [6.45, 7) is 6.61. The predicted octanol–water partition coefficient (Wildman–Crippen LogP) is 2.09. The quantitative estimate of drug-likeness (QED) is 0.718. The van der Waals surface area contributed by atoms with Gasteiger partial charge in [0.25, 0.3) is 0 Å². The van der Waals surface area contributed by atoms with Gasteiger partial charge in [-0.3, -0.25) is 4.79 Å². The van der Waals surface area contributed by atoms with Crippen LogP contribution in [0.25, 0.3) is 0 Å².